The number of rotatable bonds is 5. The Balaban J connectivity index is 1.47. The second-order valence-electron chi connectivity index (χ2n) is 7.11. The average Bonchev–Trinajstić information content (AvgIpc) is 3.40. The first-order valence-corrected chi connectivity index (χ1v) is 12.1. The molecule has 0 aliphatic carbocycles. The van der Waals surface area contributed by atoms with Gasteiger partial charge in [0, 0.05) is 36.6 Å². The van der Waals surface area contributed by atoms with Crippen LogP contribution in [0.1, 0.15) is 18.7 Å². The molecule has 164 valence electrons. The molecule has 0 unspecified atom stereocenters. The molecule has 1 aliphatic rings. The summed E-state index contributed by atoms with van der Waals surface area (Å²) in [5.41, 5.74) is 0.912. The fraction of sp³-hybridized carbons (Fsp3) is 0.316. The summed E-state index contributed by atoms with van der Waals surface area (Å²) in [4.78, 5) is 16.8. The Bertz CT molecular complexity index is 1230. The number of carbonyl (C=O) groups is 1. The van der Waals surface area contributed by atoms with Gasteiger partial charge < -0.3 is 9.84 Å². The molecule has 1 aromatic carbocycles. The number of hydrogen-bond donors (Lipinski definition) is 1. The van der Waals surface area contributed by atoms with Crippen LogP contribution >= 0.6 is 22.9 Å². The fourth-order valence-electron chi connectivity index (χ4n) is 3.31. The van der Waals surface area contributed by atoms with E-state index in [9.17, 15) is 17.6 Å². The molecule has 0 radical (unpaired) electrons. The lowest BCUT2D eigenvalue weighted by atomic mass is 9.99. The van der Waals surface area contributed by atoms with E-state index in [0.717, 1.165) is 17.4 Å². The molecule has 4 rings (SSSR count). The Kier molecular flexibility index (Phi) is 6.11. The van der Waals surface area contributed by atoms with Crippen molar-refractivity contribution in [1.82, 2.24) is 14.4 Å². The zero-order valence-electron chi connectivity index (χ0n) is 16.3. The van der Waals surface area contributed by atoms with Crippen molar-refractivity contribution >= 4 is 44.6 Å². The predicted molar refractivity (Wildman–Crippen MR) is 114 cm³/mol. The molecule has 1 aliphatic heterocycles. The van der Waals surface area contributed by atoms with E-state index in [1.165, 1.54) is 22.5 Å². The summed E-state index contributed by atoms with van der Waals surface area (Å²) >= 11 is 6.82. The highest BCUT2D eigenvalue weighted by Gasteiger charge is 2.34. The van der Waals surface area contributed by atoms with Crippen LogP contribution in [0.5, 0.6) is 0 Å². The summed E-state index contributed by atoms with van der Waals surface area (Å²) in [7, 11) is -3.78. The predicted octanol–water partition coefficient (Wildman–Crippen LogP) is 3.94. The second-order valence-corrected chi connectivity index (χ2v) is 10.6. The van der Waals surface area contributed by atoms with E-state index >= 15 is 0 Å². The minimum Gasteiger partial charge on any atom is -0.339 e. The SMILES string of the molecule is Cc1nc(-c2csc(S(=O)(=O)N3CCC[C@H](C(=O)Nc4ccc(F)c(Cl)c4)C3)c2)no1. The number of nitrogens with zero attached hydrogens (tertiary/aromatic N) is 3. The van der Waals surface area contributed by atoms with Crippen LogP contribution in [0, 0.1) is 18.7 Å². The van der Waals surface area contributed by atoms with Crippen molar-refractivity contribution in [2.45, 2.75) is 24.0 Å². The molecule has 3 aromatic rings. The molecular formula is C19H18ClFN4O4S2. The monoisotopic (exact) mass is 484 g/mol. The molecular weight excluding hydrogens is 467 g/mol. The van der Waals surface area contributed by atoms with Gasteiger partial charge in [-0.15, -0.1) is 11.3 Å². The van der Waals surface area contributed by atoms with Crippen molar-refractivity contribution in [2.24, 2.45) is 5.92 Å². The van der Waals surface area contributed by atoms with E-state index in [4.69, 9.17) is 16.1 Å². The molecule has 0 saturated carbocycles. The van der Waals surface area contributed by atoms with E-state index in [2.05, 4.69) is 15.5 Å². The van der Waals surface area contributed by atoms with Crippen LogP contribution in [-0.4, -0.2) is 41.9 Å². The molecule has 2 aromatic heterocycles. The van der Waals surface area contributed by atoms with Crippen LogP contribution in [-0.2, 0) is 14.8 Å². The number of hydrogen-bond acceptors (Lipinski definition) is 7. The number of sulfonamides is 1. The number of aromatic nitrogens is 2. The van der Waals surface area contributed by atoms with Gasteiger partial charge in [-0.2, -0.15) is 9.29 Å². The van der Waals surface area contributed by atoms with E-state index in [-0.39, 0.29) is 21.7 Å². The van der Waals surface area contributed by atoms with Crippen LogP contribution in [0.2, 0.25) is 5.02 Å². The third-order valence-corrected chi connectivity index (χ3v) is 8.47. The lowest BCUT2D eigenvalue weighted by Crippen LogP contribution is -2.43. The normalized spacial score (nSPS) is 17.6. The van der Waals surface area contributed by atoms with Gasteiger partial charge in [0.25, 0.3) is 10.0 Å². The van der Waals surface area contributed by atoms with Gasteiger partial charge >= 0.3 is 0 Å². The highest BCUT2D eigenvalue weighted by Crippen LogP contribution is 2.31. The van der Waals surface area contributed by atoms with Crippen molar-refractivity contribution in [3.63, 3.8) is 0 Å². The molecule has 8 nitrogen and oxygen atoms in total. The number of thiophene rings is 1. The van der Waals surface area contributed by atoms with Crippen LogP contribution in [0.4, 0.5) is 10.1 Å². The van der Waals surface area contributed by atoms with Gasteiger partial charge in [0.05, 0.1) is 10.9 Å². The standard InChI is InChI=1S/C19H18ClFN4O4S2/c1-11-22-18(24-29-11)13-7-17(30-10-13)31(27,28)25-6-2-3-12(9-25)19(26)23-14-4-5-16(21)15(20)8-14/h4-5,7-8,10,12H,2-3,6,9H2,1H3,(H,23,26)/t12-/m0/s1. The number of aryl methyl sites for hydroxylation is 1. The highest BCUT2D eigenvalue weighted by molar-refractivity contribution is 7.91. The molecule has 12 heteroatoms. The molecule has 0 spiro atoms. The molecule has 1 amide bonds. The Morgan fingerprint density at radius 2 is 2.19 bits per heavy atom. The Morgan fingerprint density at radius 1 is 1.39 bits per heavy atom. The third-order valence-electron chi connectivity index (χ3n) is 4.90. The second kappa shape index (κ2) is 8.65. The van der Waals surface area contributed by atoms with Gasteiger partial charge in [0.1, 0.15) is 10.0 Å². The maximum atomic E-state index is 13.3. The van der Waals surface area contributed by atoms with Crippen molar-refractivity contribution in [2.75, 3.05) is 18.4 Å². The minimum absolute atomic E-state index is 0.0532. The Labute approximate surface area is 187 Å². The van der Waals surface area contributed by atoms with Crippen molar-refractivity contribution in [3.05, 3.63) is 46.4 Å². The van der Waals surface area contributed by atoms with E-state index in [1.54, 1.807) is 12.3 Å². The van der Waals surface area contributed by atoms with Crippen LogP contribution in [0.3, 0.4) is 0 Å². The topological polar surface area (TPSA) is 105 Å². The van der Waals surface area contributed by atoms with Gasteiger partial charge in [-0.1, -0.05) is 16.8 Å². The third kappa shape index (κ3) is 4.64. The lowest BCUT2D eigenvalue weighted by Gasteiger charge is -2.30. The molecule has 1 N–H and O–H groups in total. The average molecular weight is 485 g/mol. The number of carbonyl (C=O) groups excluding carboxylic acids is 1. The fourth-order valence-corrected chi connectivity index (χ4v) is 6.32. The number of piperidine rings is 1. The smallest absolute Gasteiger partial charge is 0.252 e. The van der Waals surface area contributed by atoms with Crippen LogP contribution < -0.4 is 5.32 Å². The molecule has 31 heavy (non-hydrogen) atoms. The first-order chi connectivity index (χ1) is 14.7. The van der Waals surface area contributed by atoms with Gasteiger partial charge in [0.2, 0.25) is 17.6 Å². The number of nitrogens with one attached hydrogen (secondary N) is 1. The summed E-state index contributed by atoms with van der Waals surface area (Å²) < 4.78 is 46.0. The first-order valence-electron chi connectivity index (χ1n) is 9.39. The molecule has 1 atom stereocenters. The maximum absolute atomic E-state index is 13.3. The zero-order chi connectivity index (χ0) is 22.2. The van der Waals surface area contributed by atoms with Crippen molar-refractivity contribution < 1.29 is 22.1 Å². The number of amides is 1. The summed E-state index contributed by atoms with van der Waals surface area (Å²) in [5, 5.41) is 8.05. The quantitative estimate of drug-likeness (QED) is 0.588. The van der Waals surface area contributed by atoms with E-state index < -0.39 is 21.8 Å². The van der Waals surface area contributed by atoms with Crippen molar-refractivity contribution in [3.8, 4) is 11.4 Å². The van der Waals surface area contributed by atoms with Crippen molar-refractivity contribution in [1.29, 1.82) is 0 Å². The van der Waals surface area contributed by atoms with E-state index in [0.29, 0.717) is 42.4 Å². The first kappa shape index (κ1) is 21.9. The zero-order valence-corrected chi connectivity index (χ0v) is 18.7. The van der Waals surface area contributed by atoms with E-state index in [1.807, 2.05) is 0 Å². The molecule has 1 saturated heterocycles. The Morgan fingerprint density at radius 3 is 2.90 bits per heavy atom. The lowest BCUT2D eigenvalue weighted by molar-refractivity contribution is -0.120. The number of anilines is 1. The maximum Gasteiger partial charge on any atom is 0.252 e. The summed E-state index contributed by atoms with van der Waals surface area (Å²) in [5.74, 6) is -0.744. The minimum atomic E-state index is -3.78. The number of halogens is 2. The molecule has 3 heterocycles. The van der Waals surface area contributed by atoms with Gasteiger partial charge in [-0.05, 0) is 37.1 Å². The van der Waals surface area contributed by atoms with Crippen LogP contribution in [0.15, 0.2) is 38.4 Å². The van der Waals surface area contributed by atoms with Gasteiger partial charge in [-0.25, -0.2) is 12.8 Å². The largest absolute Gasteiger partial charge is 0.339 e. The summed E-state index contributed by atoms with van der Waals surface area (Å²) in [6.45, 7) is 2.03. The van der Waals surface area contributed by atoms with Gasteiger partial charge in [0.15, 0.2) is 0 Å². The van der Waals surface area contributed by atoms with Gasteiger partial charge in [-0.3, -0.25) is 4.79 Å². The molecule has 1 fully saturated rings. The molecule has 0 bridgehead atoms. The van der Waals surface area contributed by atoms with Crippen LogP contribution in [0.25, 0.3) is 11.4 Å². The Hall–Kier alpha value is -2.34. The highest BCUT2D eigenvalue weighted by atomic mass is 35.5. The number of benzene rings is 1. The summed E-state index contributed by atoms with van der Waals surface area (Å²) in [6.07, 6.45) is 1.09. The summed E-state index contributed by atoms with van der Waals surface area (Å²) in [6, 6.07) is 5.39.